The Morgan fingerprint density at radius 2 is 1.86 bits per heavy atom. The minimum atomic E-state index is -0.375. The topological polar surface area (TPSA) is 79.0 Å². The van der Waals surface area contributed by atoms with E-state index in [0.717, 1.165) is 29.7 Å². The Morgan fingerprint density at radius 1 is 1.17 bits per heavy atom. The number of hydrogen-bond acceptors (Lipinski definition) is 6. The van der Waals surface area contributed by atoms with E-state index in [0.29, 0.717) is 36.2 Å². The van der Waals surface area contributed by atoms with Crippen LogP contribution in [0.25, 0.3) is 0 Å². The van der Waals surface area contributed by atoms with Gasteiger partial charge >= 0.3 is 5.97 Å². The van der Waals surface area contributed by atoms with Gasteiger partial charge in [-0.3, -0.25) is 14.5 Å². The summed E-state index contributed by atoms with van der Waals surface area (Å²) in [6, 6.07) is 0. The lowest BCUT2D eigenvalue weighted by molar-refractivity contribution is -0.132. The second kappa shape index (κ2) is 10.7. The summed E-state index contributed by atoms with van der Waals surface area (Å²) in [4.78, 5) is 42.0. The molecule has 0 radical (unpaired) electrons. The first-order valence-electron chi connectivity index (χ1n) is 10.4. The summed E-state index contributed by atoms with van der Waals surface area (Å²) in [5.74, 6) is -0.0491. The van der Waals surface area contributed by atoms with Crippen LogP contribution in [0.3, 0.4) is 0 Å². The molecule has 1 aliphatic rings. The maximum Gasteiger partial charge on any atom is 0.341 e. The molecule has 1 aliphatic carbocycles. The summed E-state index contributed by atoms with van der Waals surface area (Å²) in [5.41, 5.74) is 1.53. The molecule has 1 atom stereocenters. The molecule has 1 N–H and O–H groups in total. The molecule has 0 aromatic carbocycles. The Morgan fingerprint density at radius 3 is 2.48 bits per heavy atom. The SMILES string of the molecule is CCOC(=O)c1c(NC(=O)CN(C)CC(=O)N(CC)CC)sc2c1CCC(C)C2. The minimum Gasteiger partial charge on any atom is -0.462 e. The highest BCUT2D eigenvalue weighted by molar-refractivity contribution is 7.17. The van der Waals surface area contributed by atoms with Crippen LogP contribution in [0.1, 0.15) is 54.9 Å². The van der Waals surface area contributed by atoms with E-state index in [1.54, 1.807) is 23.8 Å². The van der Waals surface area contributed by atoms with E-state index in [1.165, 1.54) is 11.3 Å². The number of likely N-dealkylation sites (N-methyl/N-ethyl adjacent to an activating group) is 2. The second-order valence-electron chi connectivity index (χ2n) is 7.56. The first kappa shape index (κ1) is 23.3. The van der Waals surface area contributed by atoms with Crippen LogP contribution in [-0.2, 0) is 27.2 Å². The molecule has 29 heavy (non-hydrogen) atoms. The van der Waals surface area contributed by atoms with Crippen molar-refractivity contribution in [3.05, 3.63) is 16.0 Å². The first-order chi connectivity index (χ1) is 13.8. The van der Waals surface area contributed by atoms with E-state index in [9.17, 15) is 14.4 Å². The second-order valence-corrected chi connectivity index (χ2v) is 8.67. The number of hydrogen-bond donors (Lipinski definition) is 1. The highest BCUT2D eigenvalue weighted by Crippen LogP contribution is 2.40. The van der Waals surface area contributed by atoms with E-state index in [-0.39, 0.29) is 30.9 Å². The van der Waals surface area contributed by atoms with Crippen molar-refractivity contribution in [1.82, 2.24) is 9.80 Å². The number of fused-ring (bicyclic) bond motifs is 1. The van der Waals surface area contributed by atoms with Crippen molar-refractivity contribution in [1.29, 1.82) is 0 Å². The van der Waals surface area contributed by atoms with Gasteiger partial charge in [0.15, 0.2) is 0 Å². The van der Waals surface area contributed by atoms with Crippen LogP contribution >= 0.6 is 11.3 Å². The third-order valence-electron chi connectivity index (χ3n) is 5.18. The summed E-state index contributed by atoms with van der Waals surface area (Å²) in [5, 5.41) is 3.46. The highest BCUT2D eigenvalue weighted by Gasteiger charge is 2.29. The maximum absolute atomic E-state index is 12.6. The standard InChI is InChI=1S/C21H33N3O4S/c1-6-24(7-2)18(26)13-23(5)12-17(25)22-20-19(21(27)28-8-3)15-10-9-14(4)11-16(15)29-20/h14H,6-13H2,1-5H3,(H,22,25). The Hall–Kier alpha value is -1.93. The molecule has 1 aromatic rings. The molecular weight excluding hydrogens is 390 g/mol. The number of nitrogens with zero attached hydrogens (tertiary/aromatic N) is 2. The number of carbonyl (C=O) groups is 3. The quantitative estimate of drug-likeness (QED) is 0.618. The normalized spacial score (nSPS) is 15.7. The highest BCUT2D eigenvalue weighted by atomic mass is 32.1. The predicted octanol–water partition coefficient (Wildman–Crippen LogP) is 2.79. The van der Waals surface area contributed by atoms with Crippen LogP contribution < -0.4 is 5.32 Å². The number of thiophene rings is 1. The molecule has 8 heteroatoms. The predicted molar refractivity (Wildman–Crippen MR) is 116 cm³/mol. The summed E-state index contributed by atoms with van der Waals surface area (Å²) in [6.45, 7) is 9.70. The number of carbonyl (C=O) groups excluding carboxylic acids is 3. The van der Waals surface area contributed by atoms with Crippen LogP contribution in [0.4, 0.5) is 5.00 Å². The Balaban J connectivity index is 2.09. The van der Waals surface area contributed by atoms with Gasteiger partial charge in [-0.25, -0.2) is 4.79 Å². The Bertz CT molecular complexity index is 743. The lowest BCUT2D eigenvalue weighted by atomic mass is 9.88. The Labute approximate surface area is 177 Å². The number of nitrogens with one attached hydrogen (secondary N) is 1. The van der Waals surface area contributed by atoms with Crippen LogP contribution in [0, 0.1) is 5.92 Å². The van der Waals surface area contributed by atoms with E-state index in [2.05, 4.69) is 12.2 Å². The molecule has 0 fully saturated rings. The van der Waals surface area contributed by atoms with E-state index >= 15 is 0 Å². The summed E-state index contributed by atoms with van der Waals surface area (Å²) >= 11 is 1.47. The minimum absolute atomic E-state index is 0.00177. The molecule has 0 aliphatic heterocycles. The van der Waals surface area contributed by atoms with Crippen molar-refractivity contribution < 1.29 is 19.1 Å². The zero-order valence-electron chi connectivity index (χ0n) is 18.2. The molecule has 0 spiro atoms. The molecule has 0 bridgehead atoms. The summed E-state index contributed by atoms with van der Waals surface area (Å²) < 4.78 is 5.24. The zero-order chi connectivity index (χ0) is 21.6. The van der Waals surface area contributed by atoms with Gasteiger partial charge in [-0.15, -0.1) is 11.3 Å². The lowest BCUT2D eigenvalue weighted by Crippen LogP contribution is -2.41. The fourth-order valence-electron chi connectivity index (χ4n) is 3.63. The molecule has 1 heterocycles. The smallest absolute Gasteiger partial charge is 0.341 e. The van der Waals surface area contributed by atoms with Gasteiger partial charge in [0.2, 0.25) is 11.8 Å². The fraction of sp³-hybridized carbons (Fsp3) is 0.667. The molecule has 162 valence electrons. The van der Waals surface area contributed by atoms with Gasteiger partial charge in [0.25, 0.3) is 0 Å². The van der Waals surface area contributed by atoms with Crippen molar-refractivity contribution >= 4 is 34.1 Å². The summed E-state index contributed by atoms with van der Waals surface area (Å²) in [7, 11) is 1.74. The van der Waals surface area contributed by atoms with E-state index in [1.807, 2.05) is 13.8 Å². The Kier molecular flexibility index (Phi) is 8.64. The zero-order valence-corrected chi connectivity index (χ0v) is 19.0. The maximum atomic E-state index is 12.6. The van der Waals surface area contributed by atoms with Gasteiger partial charge in [-0.1, -0.05) is 6.92 Å². The molecule has 7 nitrogen and oxygen atoms in total. The van der Waals surface area contributed by atoms with Crippen LogP contribution in [-0.4, -0.2) is 67.4 Å². The van der Waals surface area contributed by atoms with Crippen LogP contribution in [0.2, 0.25) is 0 Å². The first-order valence-corrected chi connectivity index (χ1v) is 11.2. The van der Waals surface area contributed by atoms with Crippen molar-refractivity contribution in [3.63, 3.8) is 0 Å². The molecule has 2 rings (SSSR count). The van der Waals surface area contributed by atoms with Crippen molar-refractivity contribution in [3.8, 4) is 0 Å². The average molecular weight is 424 g/mol. The number of ether oxygens (including phenoxy) is 1. The molecule has 0 saturated heterocycles. The monoisotopic (exact) mass is 423 g/mol. The van der Waals surface area contributed by atoms with Gasteiger partial charge in [0.05, 0.1) is 25.3 Å². The number of rotatable bonds is 9. The average Bonchev–Trinajstić information content (AvgIpc) is 2.99. The molecular formula is C21H33N3O4S. The van der Waals surface area contributed by atoms with E-state index in [4.69, 9.17) is 4.74 Å². The van der Waals surface area contributed by atoms with Gasteiger partial charge < -0.3 is 15.0 Å². The van der Waals surface area contributed by atoms with Crippen molar-refractivity contribution in [2.24, 2.45) is 5.92 Å². The van der Waals surface area contributed by atoms with Crippen LogP contribution in [0.5, 0.6) is 0 Å². The third kappa shape index (κ3) is 6.02. The third-order valence-corrected chi connectivity index (χ3v) is 6.35. The van der Waals surface area contributed by atoms with Crippen molar-refractivity contribution in [2.45, 2.75) is 47.0 Å². The molecule has 2 amide bonds. The molecule has 0 saturated carbocycles. The number of esters is 1. The van der Waals surface area contributed by atoms with Crippen molar-refractivity contribution in [2.75, 3.05) is 45.2 Å². The van der Waals surface area contributed by atoms with E-state index < -0.39 is 0 Å². The number of amides is 2. The number of anilines is 1. The van der Waals surface area contributed by atoms with Gasteiger partial charge in [0.1, 0.15) is 5.00 Å². The largest absolute Gasteiger partial charge is 0.462 e. The fourth-order valence-corrected chi connectivity index (χ4v) is 5.05. The molecule has 1 unspecified atom stereocenters. The van der Waals surface area contributed by atoms with Crippen LogP contribution in [0.15, 0.2) is 0 Å². The summed E-state index contributed by atoms with van der Waals surface area (Å²) in [6.07, 6.45) is 2.77. The lowest BCUT2D eigenvalue weighted by Gasteiger charge is -2.22. The van der Waals surface area contributed by atoms with Gasteiger partial charge in [-0.05, 0) is 58.6 Å². The van der Waals surface area contributed by atoms with Gasteiger partial charge in [0, 0.05) is 18.0 Å². The molecule has 1 aromatic heterocycles. The van der Waals surface area contributed by atoms with Gasteiger partial charge in [-0.2, -0.15) is 0 Å².